The van der Waals surface area contributed by atoms with Crippen molar-refractivity contribution in [1.29, 1.82) is 0 Å². The Morgan fingerprint density at radius 3 is 2.53 bits per heavy atom. The highest BCUT2D eigenvalue weighted by Crippen LogP contribution is 1.98. The first-order valence-corrected chi connectivity index (χ1v) is 4.95. The van der Waals surface area contributed by atoms with Crippen molar-refractivity contribution in [3.63, 3.8) is 0 Å². The molecule has 15 heavy (non-hydrogen) atoms. The molecule has 0 aliphatic rings. The fourth-order valence-electron chi connectivity index (χ4n) is 1.01. The number of nitrogens with one attached hydrogen (secondary N) is 2. The van der Waals surface area contributed by atoms with Crippen molar-refractivity contribution in [2.45, 2.75) is 19.8 Å². The van der Waals surface area contributed by atoms with Gasteiger partial charge in [0.25, 0.3) is 0 Å². The van der Waals surface area contributed by atoms with Crippen LogP contribution in [0.25, 0.3) is 0 Å². The van der Waals surface area contributed by atoms with Gasteiger partial charge in [0.2, 0.25) is 5.91 Å². The van der Waals surface area contributed by atoms with E-state index in [0.717, 1.165) is 0 Å². The molecule has 0 saturated heterocycles. The van der Waals surface area contributed by atoms with Crippen LogP contribution in [0.3, 0.4) is 0 Å². The number of hydrogen-bond acceptors (Lipinski definition) is 3. The van der Waals surface area contributed by atoms with Crippen LogP contribution in [-0.4, -0.2) is 37.1 Å². The van der Waals surface area contributed by atoms with Gasteiger partial charge in [-0.2, -0.15) is 0 Å². The van der Waals surface area contributed by atoms with Crippen LogP contribution in [0, 0.1) is 0 Å². The van der Waals surface area contributed by atoms with Gasteiger partial charge in [0, 0.05) is 32.1 Å². The van der Waals surface area contributed by atoms with Crippen LogP contribution >= 0.6 is 0 Å². The highest BCUT2D eigenvalue weighted by atomic mass is 16.4. The van der Waals surface area contributed by atoms with E-state index in [1.165, 1.54) is 0 Å². The molecular weight excluding hydrogens is 196 g/mol. The molecule has 0 atom stereocenters. The molecule has 3 N–H and O–H groups in total. The van der Waals surface area contributed by atoms with Gasteiger partial charge in [-0.1, -0.05) is 13.0 Å². The second-order valence-corrected chi connectivity index (χ2v) is 3.02. The van der Waals surface area contributed by atoms with E-state index in [1.54, 1.807) is 20.0 Å². The number of rotatable bonds is 7. The lowest BCUT2D eigenvalue weighted by molar-refractivity contribution is -0.132. The summed E-state index contributed by atoms with van der Waals surface area (Å²) >= 11 is 0. The van der Waals surface area contributed by atoms with Crippen molar-refractivity contribution < 1.29 is 14.7 Å². The van der Waals surface area contributed by atoms with Crippen LogP contribution in [0.2, 0.25) is 0 Å². The van der Waals surface area contributed by atoms with E-state index in [2.05, 4.69) is 10.6 Å². The summed E-state index contributed by atoms with van der Waals surface area (Å²) in [6.07, 6.45) is 2.54. The Kier molecular flexibility index (Phi) is 7.27. The lowest BCUT2D eigenvalue weighted by Crippen LogP contribution is -2.25. The number of hydrogen-bond donors (Lipinski definition) is 3. The first-order chi connectivity index (χ1) is 7.11. The van der Waals surface area contributed by atoms with Gasteiger partial charge in [-0.15, -0.1) is 0 Å². The lowest BCUT2D eigenvalue weighted by Gasteiger charge is -2.02. The molecule has 86 valence electrons. The van der Waals surface area contributed by atoms with Crippen LogP contribution < -0.4 is 10.6 Å². The van der Waals surface area contributed by atoms with Crippen molar-refractivity contribution in [1.82, 2.24) is 10.6 Å². The van der Waals surface area contributed by atoms with Crippen LogP contribution in [0.4, 0.5) is 0 Å². The average molecular weight is 214 g/mol. The molecule has 0 aromatic carbocycles. The standard InChI is InChI=1S/C10H18N2O3/c1-3-8(10(14)15)4-6-12-7-5-9(13)11-2/h4,12H,3,5-7H2,1-2H3,(H,11,13)(H,14,15). The summed E-state index contributed by atoms with van der Waals surface area (Å²) in [5, 5.41) is 14.2. The van der Waals surface area contributed by atoms with Crippen molar-refractivity contribution in [3.8, 4) is 0 Å². The van der Waals surface area contributed by atoms with Crippen LogP contribution in [0.1, 0.15) is 19.8 Å². The van der Waals surface area contributed by atoms with Crippen molar-refractivity contribution >= 4 is 11.9 Å². The van der Waals surface area contributed by atoms with Gasteiger partial charge in [-0.05, 0) is 6.42 Å². The SMILES string of the molecule is CCC(=CCNCCC(=O)NC)C(=O)O. The average Bonchev–Trinajstić information content (AvgIpc) is 2.22. The van der Waals surface area contributed by atoms with E-state index >= 15 is 0 Å². The topological polar surface area (TPSA) is 78.4 Å². The van der Waals surface area contributed by atoms with E-state index in [-0.39, 0.29) is 5.91 Å². The molecule has 0 bridgehead atoms. The quantitative estimate of drug-likeness (QED) is 0.416. The van der Waals surface area contributed by atoms with Gasteiger partial charge in [0.05, 0.1) is 0 Å². The van der Waals surface area contributed by atoms with E-state index in [4.69, 9.17) is 5.11 Å². The minimum Gasteiger partial charge on any atom is -0.478 e. The predicted octanol–water partition coefficient (Wildman–Crippen LogP) is 0.133. The molecule has 5 heteroatoms. The molecule has 0 saturated carbocycles. The predicted molar refractivity (Wildman–Crippen MR) is 57.6 cm³/mol. The molecule has 0 rings (SSSR count). The molecule has 0 aromatic heterocycles. The normalized spacial score (nSPS) is 11.2. The van der Waals surface area contributed by atoms with Gasteiger partial charge >= 0.3 is 5.97 Å². The molecule has 1 amide bonds. The van der Waals surface area contributed by atoms with E-state index in [0.29, 0.717) is 31.5 Å². The number of carbonyl (C=O) groups is 2. The molecule has 0 fully saturated rings. The summed E-state index contributed by atoms with van der Waals surface area (Å²) in [7, 11) is 1.59. The van der Waals surface area contributed by atoms with Crippen LogP contribution in [0.5, 0.6) is 0 Å². The second kappa shape index (κ2) is 7.99. The van der Waals surface area contributed by atoms with Gasteiger partial charge in [0.15, 0.2) is 0 Å². The first kappa shape index (κ1) is 13.6. The molecule has 0 unspecified atom stereocenters. The lowest BCUT2D eigenvalue weighted by atomic mass is 10.2. The number of carboxylic acid groups (broad SMARTS) is 1. The summed E-state index contributed by atoms with van der Waals surface area (Å²) in [4.78, 5) is 21.4. The van der Waals surface area contributed by atoms with Crippen molar-refractivity contribution in [2.24, 2.45) is 0 Å². The van der Waals surface area contributed by atoms with E-state index in [1.807, 2.05) is 0 Å². The van der Waals surface area contributed by atoms with Crippen LogP contribution in [0.15, 0.2) is 11.6 Å². The van der Waals surface area contributed by atoms with Crippen molar-refractivity contribution in [3.05, 3.63) is 11.6 Å². The monoisotopic (exact) mass is 214 g/mol. The highest BCUT2D eigenvalue weighted by Gasteiger charge is 2.02. The zero-order chi connectivity index (χ0) is 11.7. The number of carboxylic acids is 1. The van der Waals surface area contributed by atoms with Gasteiger partial charge in [-0.3, -0.25) is 4.79 Å². The number of amides is 1. The molecule has 0 radical (unpaired) electrons. The van der Waals surface area contributed by atoms with Crippen molar-refractivity contribution in [2.75, 3.05) is 20.1 Å². The molecule has 0 heterocycles. The minimum atomic E-state index is -0.884. The summed E-state index contributed by atoms with van der Waals surface area (Å²) in [5.41, 5.74) is 0.391. The zero-order valence-corrected chi connectivity index (χ0v) is 9.17. The zero-order valence-electron chi connectivity index (χ0n) is 9.17. The Bertz CT molecular complexity index is 249. The third kappa shape index (κ3) is 6.68. The highest BCUT2D eigenvalue weighted by molar-refractivity contribution is 5.86. The van der Waals surface area contributed by atoms with Gasteiger partial charge in [-0.25, -0.2) is 4.79 Å². The van der Waals surface area contributed by atoms with E-state index < -0.39 is 5.97 Å². The largest absolute Gasteiger partial charge is 0.478 e. The summed E-state index contributed by atoms with van der Waals surface area (Å²) in [6.45, 7) is 2.82. The summed E-state index contributed by atoms with van der Waals surface area (Å²) < 4.78 is 0. The van der Waals surface area contributed by atoms with Gasteiger partial charge < -0.3 is 15.7 Å². The Morgan fingerprint density at radius 2 is 2.07 bits per heavy atom. The molecule has 0 aromatic rings. The maximum absolute atomic E-state index is 10.8. The maximum atomic E-state index is 10.8. The summed E-state index contributed by atoms with van der Waals surface area (Å²) in [6, 6.07) is 0. The fourth-order valence-corrected chi connectivity index (χ4v) is 1.01. The molecule has 5 nitrogen and oxygen atoms in total. The molecule has 0 spiro atoms. The van der Waals surface area contributed by atoms with E-state index in [9.17, 15) is 9.59 Å². The molecule has 0 aliphatic heterocycles. The van der Waals surface area contributed by atoms with Crippen LogP contribution in [-0.2, 0) is 9.59 Å². The third-order valence-electron chi connectivity index (χ3n) is 1.96. The van der Waals surface area contributed by atoms with Gasteiger partial charge in [0.1, 0.15) is 0 Å². The second-order valence-electron chi connectivity index (χ2n) is 3.02. The first-order valence-electron chi connectivity index (χ1n) is 4.95. The Balaban J connectivity index is 3.68. The third-order valence-corrected chi connectivity index (χ3v) is 1.96. The fraction of sp³-hybridized carbons (Fsp3) is 0.600. The Hall–Kier alpha value is -1.36. The molecule has 0 aliphatic carbocycles. The summed E-state index contributed by atoms with van der Waals surface area (Å²) in [5.74, 6) is -0.911. The Morgan fingerprint density at radius 1 is 1.40 bits per heavy atom. The maximum Gasteiger partial charge on any atom is 0.331 e. The number of aliphatic carboxylic acids is 1. The Labute approximate surface area is 89.6 Å². The minimum absolute atomic E-state index is 0.0274. The smallest absolute Gasteiger partial charge is 0.331 e. The number of carbonyl (C=O) groups excluding carboxylic acids is 1. The molecular formula is C10H18N2O3.